The van der Waals surface area contributed by atoms with E-state index >= 15 is 0 Å². The maximum absolute atomic E-state index is 12.5. The van der Waals surface area contributed by atoms with Gasteiger partial charge >= 0.3 is 0 Å². The smallest absolute Gasteiger partial charge is 0.233 e. The third-order valence-corrected chi connectivity index (χ3v) is 5.28. The Morgan fingerprint density at radius 2 is 1.85 bits per heavy atom. The van der Waals surface area contributed by atoms with Crippen molar-refractivity contribution in [2.75, 3.05) is 0 Å². The summed E-state index contributed by atoms with van der Waals surface area (Å²) in [6.45, 7) is 4.14. The predicted molar refractivity (Wildman–Crippen MR) is 105 cm³/mol. The van der Waals surface area contributed by atoms with Crippen molar-refractivity contribution in [1.29, 1.82) is 0 Å². The molecule has 2 aromatic carbocycles. The molecule has 0 unspecified atom stereocenters. The lowest BCUT2D eigenvalue weighted by Gasteiger charge is -2.13. The van der Waals surface area contributed by atoms with Crippen LogP contribution >= 0.6 is 23.4 Å². The van der Waals surface area contributed by atoms with Crippen LogP contribution < -0.4 is 5.32 Å². The number of halogens is 1. The molecule has 26 heavy (non-hydrogen) atoms. The molecule has 1 aromatic heterocycles. The topological polar surface area (TPSA) is 59.8 Å². The van der Waals surface area contributed by atoms with E-state index in [0.717, 1.165) is 17.1 Å². The molecule has 1 amide bonds. The summed E-state index contributed by atoms with van der Waals surface area (Å²) in [6, 6.07) is 17.3. The Morgan fingerprint density at radius 1 is 1.15 bits per heavy atom. The van der Waals surface area contributed by atoms with Crippen LogP contribution in [0.2, 0.25) is 5.02 Å². The van der Waals surface area contributed by atoms with Crippen LogP contribution in [0.3, 0.4) is 0 Å². The van der Waals surface area contributed by atoms with Crippen LogP contribution in [0.4, 0.5) is 0 Å². The average Bonchev–Trinajstić information content (AvgIpc) is 3.01. The highest BCUT2D eigenvalue weighted by Crippen LogP contribution is 2.25. The van der Waals surface area contributed by atoms with Crippen molar-refractivity contribution in [2.24, 2.45) is 0 Å². The fourth-order valence-corrected chi connectivity index (χ4v) is 3.61. The van der Waals surface area contributed by atoms with Crippen molar-refractivity contribution in [3.05, 3.63) is 71.0 Å². The predicted octanol–water partition coefficient (Wildman–Crippen LogP) is 4.03. The van der Waals surface area contributed by atoms with E-state index in [2.05, 4.69) is 15.5 Å². The van der Waals surface area contributed by atoms with Gasteiger partial charge in [-0.1, -0.05) is 59.8 Å². The molecule has 7 heteroatoms. The first-order valence-electron chi connectivity index (χ1n) is 8.21. The molecular weight excluding hydrogens is 368 g/mol. The number of thioether (sulfide) groups is 1. The van der Waals surface area contributed by atoms with Gasteiger partial charge in [0.2, 0.25) is 5.91 Å². The second-order valence-corrected chi connectivity index (χ2v) is 7.49. The summed E-state index contributed by atoms with van der Waals surface area (Å²) in [6.07, 6.45) is 0. The Kier molecular flexibility index (Phi) is 5.96. The van der Waals surface area contributed by atoms with Crippen molar-refractivity contribution in [1.82, 2.24) is 20.1 Å². The number of hydrogen-bond donors (Lipinski definition) is 1. The zero-order valence-corrected chi connectivity index (χ0v) is 16.1. The van der Waals surface area contributed by atoms with E-state index in [-0.39, 0.29) is 11.2 Å². The summed E-state index contributed by atoms with van der Waals surface area (Å²) in [7, 11) is 0. The normalized spacial score (nSPS) is 12.0. The highest BCUT2D eigenvalue weighted by Gasteiger charge is 2.19. The molecule has 0 fully saturated rings. The van der Waals surface area contributed by atoms with Crippen LogP contribution in [-0.4, -0.2) is 25.9 Å². The molecule has 3 rings (SSSR count). The molecule has 0 aliphatic rings. The highest BCUT2D eigenvalue weighted by molar-refractivity contribution is 8.00. The van der Waals surface area contributed by atoms with Gasteiger partial charge in [0.1, 0.15) is 5.82 Å². The number of amides is 1. The zero-order valence-electron chi connectivity index (χ0n) is 14.5. The summed E-state index contributed by atoms with van der Waals surface area (Å²) in [4.78, 5) is 12.5. The van der Waals surface area contributed by atoms with Crippen LogP contribution in [0, 0.1) is 6.92 Å². The van der Waals surface area contributed by atoms with E-state index in [4.69, 9.17) is 11.6 Å². The van der Waals surface area contributed by atoms with Crippen molar-refractivity contribution in [2.45, 2.75) is 30.8 Å². The molecule has 0 aliphatic heterocycles. The molecule has 0 saturated heterocycles. The number of nitrogens with one attached hydrogen (secondary N) is 1. The van der Waals surface area contributed by atoms with E-state index in [1.807, 2.05) is 73.0 Å². The molecule has 0 radical (unpaired) electrons. The molecule has 134 valence electrons. The Bertz CT molecular complexity index is 898. The van der Waals surface area contributed by atoms with Gasteiger partial charge in [-0.25, -0.2) is 0 Å². The summed E-state index contributed by atoms with van der Waals surface area (Å²) >= 11 is 7.51. The van der Waals surface area contributed by atoms with Gasteiger partial charge in [-0.3, -0.25) is 9.36 Å². The number of nitrogens with zero attached hydrogens (tertiary/aromatic N) is 3. The van der Waals surface area contributed by atoms with Crippen molar-refractivity contribution in [3.8, 4) is 5.69 Å². The molecule has 0 bridgehead atoms. The minimum Gasteiger partial charge on any atom is -0.351 e. The minimum absolute atomic E-state index is 0.0739. The lowest BCUT2D eigenvalue weighted by molar-refractivity contribution is -0.120. The van der Waals surface area contributed by atoms with Crippen LogP contribution in [-0.2, 0) is 11.3 Å². The number of carbonyl (C=O) groups excluding carboxylic acids is 1. The SMILES string of the molecule is Cc1nnc(S[C@H](C)C(=O)NCc2ccccc2Cl)n1-c1ccccc1. The fourth-order valence-electron chi connectivity index (χ4n) is 2.47. The number of aryl methyl sites for hydroxylation is 1. The third kappa shape index (κ3) is 4.26. The number of rotatable bonds is 6. The quantitative estimate of drug-likeness (QED) is 0.650. The second-order valence-electron chi connectivity index (χ2n) is 5.77. The van der Waals surface area contributed by atoms with Crippen LogP contribution in [0.1, 0.15) is 18.3 Å². The van der Waals surface area contributed by atoms with Gasteiger partial charge in [-0.05, 0) is 37.6 Å². The van der Waals surface area contributed by atoms with Crippen molar-refractivity contribution < 1.29 is 4.79 Å². The molecule has 1 N–H and O–H groups in total. The summed E-state index contributed by atoms with van der Waals surface area (Å²) in [5.74, 6) is 0.706. The van der Waals surface area contributed by atoms with Gasteiger partial charge in [0.15, 0.2) is 5.16 Å². The first kappa shape index (κ1) is 18.5. The molecule has 1 atom stereocenters. The number of para-hydroxylation sites is 1. The van der Waals surface area contributed by atoms with Crippen molar-refractivity contribution in [3.63, 3.8) is 0 Å². The number of aromatic nitrogens is 3. The molecule has 5 nitrogen and oxygen atoms in total. The third-order valence-electron chi connectivity index (χ3n) is 3.87. The molecule has 1 heterocycles. The molecular formula is C19H19ClN4OS. The standard InChI is InChI=1S/C19H19ClN4OS/c1-13(18(25)21-12-15-8-6-7-11-17(15)20)26-19-23-22-14(2)24(19)16-9-4-3-5-10-16/h3-11,13H,12H2,1-2H3,(H,21,25)/t13-/m1/s1. The Balaban J connectivity index is 1.68. The second kappa shape index (κ2) is 8.38. The van der Waals surface area contributed by atoms with Gasteiger partial charge in [-0.2, -0.15) is 0 Å². The van der Waals surface area contributed by atoms with E-state index in [9.17, 15) is 4.79 Å². The molecule has 0 saturated carbocycles. The zero-order chi connectivity index (χ0) is 18.5. The van der Waals surface area contributed by atoms with Gasteiger partial charge in [0.25, 0.3) is 0 Å². The van der Waals surface area contributed by atoms with E-state index in [0.29, 0.717) is 16.7 Å². The van der Waals surface area contributed by atoms with Gasteiger partial charge in [0.05, 0.1) is 5.25 Å². The van der Waals surface area contributed by atoms with E-state index < -0.39 is 0 Å². The highest BCUT2D eigenvalue weighted by atomic mass is 35.5. The number of benzene rings is 2. The lowest BCUT2D eigenvalue weighted by atomic mass is 10.2. The number of hydrogen-bond acceptors (Lipinski definition) is 4. The van der Waals surface area contributed by atoms with Crippen LogP contribution in [0.15, 0.2) is 59.8 Å². The van der Waals surface area contributed by atoms with Crippen LogP contribution in [0.5, 0.6) is 0 Å². The maximum atomic E-state index is 12.5. The van der Waals surface area contributed by atoms with Crippen LogP contribution in [0.25, 0.3) is 5.69 Å². The number of carbonyl (C=O) groups is 1. The lowest BCUT2D eigenvalue weighted by Crippen LogP contribution is -2.30. The largest absolute Gasteiger partial charge is 0.351 e. The van der Waals surface area contributed by atoms with Gasteiger partial charge in [-0.15, -0.1) is 10.2 Å². The summed E-state index contributed by atoms with van der Waals surface area (Å²) < 4.78 is 1.95. The first-order valence-corrected chi connectivity index (χ1v) is 9.47. The summed E-state index contributed by atoms with van der Waals surface area (Å²) in [5.41, 5.74) is 1.86. The summed E-state index contributed by atoms with van der Waals surface area (Å²) in [5, 5.41) is 12.3. The monoisotopic (exact) mass is 386 g/mol. The van der Waals surface area contributed by atoms with Gasteiger partial charge < -0.3 is 5.32 Å². The van der Waals surface area contributed by atoms with Gasteiger partial charge in [0, 0.05) is 17.3 Å². The molecule has 0 spiro atoms. The van der Waals surface area contributed by atoms with E-state index in [1.165, 1.54) is 11.8 Å². The first-order chi connectivity index (χ1) is 12.6. The molecule has 0 aliphatic carbocycles. The Hall–Kier alpha value is -2.31. The fraction of sp³-hybridized carbons (Fsp3) is 0.211. The Labute approximate surface area is 161 Å². The van der Waals surface area contributed by atoms with Crippen molar-refractivity contribution >= 4 is 29.3 Å². The molecule has 3 aromatic rings. The maximum Gasteiger partial charge on any atom is 0.233 e. The van der Waals surface area contributed by atoms with E-state index in [1.54, 1.807) is 0 Å². The Morgan fingerprint density at radius 3 is 2.58 bits per heavy atom. The average molecular weight is 387 g/mol. The minimum atomic E-state index is -0.316.